The number of aryl methyl sites for hydroxylation is 1. The van der Waals surface area contributed by atoms with Crippen molar-refractivity contribution >= 4 is 34.9 Å². The number of halogens is 2. The second-order valence-corrected chi connectivity index (χ2v) is 6.01. The fraction of sp³-hybridized carbons (Fsp3) is 0.375. The molecule has 1 aromatic carbocycles. The fourth-order valence-electron chi connectivity index (χ4n) is 2.25. The zero-order chi connectivity index (χ0) is 17.0. The quantitative estimate of drug-likeness (QED) is 0.858. The average molecular weight is 355 g/mol. The van der Waals surface area contributed by atoms with E-state index in [0.717, 1.165) is 24.5 Å². The van der Waals surface area contributed by atoms with Gasteiger partial charge in [0.1, 0.15) is 0 Å². The van der Waals surface area contributed by atoms with Gasteiger partial charge in [0.25, 0.3) is 0 Å². The van der Waals surface area contributed by atoms with Crippen LogP contribution in [0.4, 0.5) is 5.82 Å². The zero-order valence-corrected chi connectivity index (χ0v) is 14.9. The number of carbonyl (C=O) groups is 1. The Hall–Kier alpha value is -1.56. The van der Waals surface area contributed by atoms with E-state index in [4.69, 9.17) is 23.2 Å². The molecule has 2 aromatic rings. The minimum atomic E-state index is -0.0764. The highest BCUT2D eigenvalue weighted by Gasteiger charge is 2.12. The van der Waals surface area contributed by atoms with Gasteiger partial charge in [-0.1, -0.05) is 37.0 Å². The summed E-state index contributed by atoms with van der Waals surface area (Å²) < 4.78 is 1.72. The lowest BCUT2D eigenvalue weighted by Gasteiger charge is -2.16. The van der Waals surface area contributed by atoms with Crippen molar-refractivity contribution in [3.05, 3.63) is 40.0 Å². The first-order chi connectivity index (χ1) is 10.9. The van der Waals surface area contributed by atoms with E-state index < -0.39 is 0 Å². The number of amides is 1. The second-order valence-electron chi connectivity index (χ2n) is 5.19. The van der Waals surface area contributed by atoms with Crippen LogP contribution in [0.1, 0.15) is 19.5 Å². The number of carbonyl (C=O) groups excluding carboxylic acids is 1. The molecule has 0 atom stereocenters. The summed E-state index contributed by atoms with van der Waals surface area (Å²) in [4.78, 5) is 14.1. The van der Waals surface area contributed by atoms with Crippen LogP contribution >= 0.6 is 23.2 Å². The Morgan fingerprint density at radius 3 is 2.52 bits per heavy atom. The first-order valence-corrected chi connectivity index (χ1v) is 8.24. The number of aromatic nitrogens is 2. The number of likely N-dealkylation sites (N-methyl/N-ethyl adjacent to an activating group) is 1. The van der Waals surface area contributed by atoms with Crippen molar-refractivity contribution < 1.29 is 4.79 Å². The van der Waals surface area contributed by atoms with Crippen molar-refractivity contribution in [2.75, 3.05) is 25.0 Å². The van der Waals surface area contributed by atoms with E-state index in [2.05, 4.69) is 10.4 Å². The number of nitrogens with zero attached hydrogens (tertiary/aromatic N) is 3. The van der Waals surface area contributed by atoms with Gasteiger partial charge in [0.15, 0.2) is 5.82 Å². The summed E-state index contributed by atoms with van der Waals surface area (Å²) in [6.45, 7) is 7.99. The Labute approximate surface area is 146 Å². The van der Waals surface area contributed by atoms with Gasteiger partial charge in [0.2, 0.25) is 5.91 Å². The van der Waals surface area contributed by atoms with E-state index in [-0.39, 0.29) is 5.91 Å². The third-order valence-corrected chi connectivity index (χ3v) is 4.30. The molecule has 0 aliphatic heterocycles. The SMILES string of the molecule is CCN(CC)CC(=O)Nc1cc(C)n(-c2ccc(Cl)c(Cl)c2)n1. The molecule has 0 aliphatic rings. The third kappa shape index (κ3) is 4.47. The van der Waals surface area contributed by atoms with Crippen LogP contribution in [0.3, 0.4) is 0 Å². The molecule has 0 radical (unpaired) electrons. The highest BCUT2D eigenvalue weighted by molar-refractivity contribution is 6.42. The molecular weight excluding hydrogens is 335 g/mol. The molecule has 124 valence electrons. The Morgan fingerprint density at radius 2 is 1.91 bits per heavy atom. The van der Waals surface area contributed by atoms with Crippen LogP contribution in [-0.2, 0) is 4.79 Å². The van der Waals surface area contributed by atoms with Crippen molar-refractivity contribution in [1.82, 2.24) is 14.7 Å². The Bertz CT molecular complexity index is 695. The van der Waals surface area contributed by atoms with Gasteiger partial charge in [0, 0.05) is 11.8 Å². The molecule has 1 aromatic heterocycles. The molecule has 0 saturated heterocycles. The molecular formula is C16H20Cl2N4O. The molecule has 0 aliphatic carbocycles. The minimum Gasteiger partial charge on any atom is -0.308 e. The van der Waals surface area contributed by atoms with Crippen LogP contribution in [0.5, 0.6) is 0 Å². The van der Waals surface area contributed by atoms with Gasteiger partial charge in [-0.05, 0) is 38.2 Å². The topological polar surface area (TPSA) is 50.2 Å². The largest absolute Gasteiger partial charge is 0.308 e. The molecule has 7 heteroatoms. The Morgan fingerprint density at radius 1 is 1.22 bits per heavy atom. The van der Waals surface area contributed by atoms with Crippen LogP contribution in [0.25, 0.3) is 5.69 Å². The van der Waals surface area contributed by atoms with E-state index in [0.29, 0.717) is 22.4 Å². The summed E-state index contributed by atoms with van der Waals surface area (Å²) in [5.41, 5.74) is 1.68. The molecule has 1 heterocycles. The van der Waals surface area contributed by atoms with Gasteiger partial charge in [0.05, 0.1) is 22.3 Å². The molecule has 1 N–H and O–H groups in total. The Balaban J connectivity index is 2.14. The average Bonchev–Trinajstić information content (AvgIpc) is 2.88. The van der Waals surface area contributed by atoms with Gasteiger partial charge in [-0.15, -0.1) is 5.10 Å². The molecule has 0 saturated carbocycles. The van der Waals surface area contributed by atoms with E-state index in [1.54, 1.807) is 16.8 Å². The number of anilines is 1. The number of benzene rings is 1. The van der Waals surface area contributed by atoms with Crippen LogP contribution in [0, 0.1) is 6.92 Å². The van der Waals surface area contributed by atoms with E-state index >= 15 is 0 Å². The molecule has 0 fully saturated rings. The highest BCUT2D eigenvalue weighted by atomic mass is 35.5. The first kappa shape index (κ1) is 17.8. The number of nitrogens with one attached hydrogen (secondary N) is 1. The van der Waals surface area contributed by atoms with Gasteiger partial charge in [-0.3, -0.25) is 9.69 Å². The maximum Gasteiger partial charge on any atom is 0.239 e. The Kier molecular flexibility index (Phi) is 6.04. The number of hydrogen-bond acceptors (Lipinski definition) is 3. The van der Waals surface area contributed by atoms with Crippen LogP contribution in [0.15, 0.2) is 24.3 Å². The lowest BCUT2D eigenvalue weighted by molar-refractivity contribution is -0.117. The van der Waals surface area contributed by atoms with Crippen LogP contribution in [0.2, 0.25) is 10.0 Å². The van der Waals surface area contributed by atoms with Crippen LogP contribution < -0.4 is 5.32 Å². The summed E-state index contributed by atoms with van der Waals surface area (Å²) in [6, 6.07) is 7.11. The summed E-state index contributed by atoms with van der Waals surface area (Å²) >= 11 is 12.0. The van der Waals surface area contributed by atoms with E-state index in [1.165, 1.54) is 0 Å². The van der Waals surface area contributed by atoms with Gasteiger partial charge >= 0.3 is 0 Å². The number of hydrogen-bond donors (Lipinski definition) is 1. The molecule has 0 spiro atoms. The van der Waals surface area contributed by atoms with E-state index in [1.807, 2.05) is 37.8 Å². The standard InChI is InChI=1S/C16H20Cl2N4O/c1-4-21(5-2)10-16(23)19-15-8-11(3)22(20-15)12-6-7-13(17)14(18)9-12/h6-9H,4-5,10H2,1-3H3,(H,19,20,23). The van der Waals surface area contributed by atoms with Gasteiger partial charge in [-0.25, -0.2) is 4.68 Å². The van der Waals surface area contributed by atoms with Crippen molar-refractivity contribution in [1.29, 1.82) is 0 Å². The normalized spacial score (nSPS) is 11.0. The number of rotatable bonds is 6. The van der Waals surface area contributed by atoms with E-state index in [9.17, 15) is 4.79 Å². The molecule has 0 unspecified atom stereocenters. The highest BCUT2D eigenvalue weighted by Crippen LogP contribution is 2.25. The predicted molar refractivity (Wildman–Crippen MR) is 94.7 cm³/mol. The minimum absolute atomic E-state index is 0.0764. The van der Waals surface area contributed by atoms with Crippen molar-refractivity contribution in [2.45, 2.75) is 20.8 Å². The summed E-state index contributed by atoms with van der Waals surface area (Å²) in [7, 11) is 0. The molecule has 1 amide bonds. The predicted octanol–water partition coefficient (Wildman–Crippen LogP) is 3.77. The summed E-state index contributed by atoms with van der Waals surface area (Å²) in [6.07, 6.45) is 0. The monoisotopic (exact) mass is 354 g/mol. The van der Waals surface area contributed by atoms with Crippen molar-refractivity contribution in [2.24, 2.45) is 0 Å². The van der Waals surface area contributed by atoms with Crippen molar-refractivity contribution in [3.8, 4) is 5.69 Å². The fourth-order valence-corrected chi connectivity index (χ4v) is 2.54. The smallest absolute Gasteiger partial charge is 0.239 e. The zero-order valence-electron chi connectivity index (χ0n) is 13.4. The van der Waals surface area contributed by atoms with Crippen molar-refractivity contribution in [3.63, 3.8) is 0 Å². The lowest BCUT2D eigenvalue weighted by Crippen LogP contribution is -2.33. The molecule has 5 nitrogen and oxygen atoms in total. The van der Waals surface area contributed by atoms with Gasteiger partial charge in [-0.2, -0.15) is 0 Å². The maximum atomic E-state index is 12.1. The third-order valence-electron chi connectivity index (χ3n) is 3.56. The van der Waals surface area contributed by atoms with Crippen LogP contribution in [-0.4, -0.2) is 40.2 Å². The summed E-state index contributed by atoms with van der Waals surface area (Å²) in [5, 5.41) is 8.20. The molecule has 0 bridgehead atoms. The lowest BCUT2D eigenvalue weighted by atomic mass is 10.3. The van der Waals surface area contributed by atoms with Gasteiger partial charge < -0.3 is 5.32 Å². The second kappa shape index (κ2) is 7.81. The molecule has 2 rings (SSSR count). The summed E-state index contributed by atoms with van der Waals surface area (Å²) in [5.74, 6) is 0.443. The molecule has 23 heavy (non-hydrogen) atoms. The first-order valence-electron chi connectivity index (χ1n) is 7.48. The maximum absolute atomic E-state index is 12.1.